The largest absolute Gasteiger partial charge is 0.508 e. The first-order valence-electron chi connectivity index (χ1n) is 43.5. The lowest BCUT2D eigenvalue weighted by Gasteiger charge is -2.36. The molecule has 0 radical (unpaired) electrons. The van der Waals surface area contributed by atoms with Gasteiger partial charge >= 0.3 is 0 Å². The maximum atomic E-state index is 16.2. The fourth-order valence-electron chi connectivity index (χ4n) is 16.0. The van der Waals surface area contributed by atoms with Crippen molar-refractivity contribution >= 4 is 134 Å². The van der Waals surface area contributed by atoms with Crippen LogP contribution in [0, 0.1) is 5.92 Å². The van der Waals surface area contributed by atoms with Crippen molar-refractivity contribution in [2.75, 3.05) is 72.0 Å². The number of nitrogens with two attached hydrogens (primary N) is 4. The third-order valence-corrected chi connectivity index (χ3v) is 24.3. The molecule has 15 atom stereocenters. The van der Waals surface area contributed by atoms with Gasteiger partial charge < -0.3 is 121 Å². The molecule has 704 valence electrons. The quantitative estimate of drug-likeness (QED) is 0.0304. The number of amides is 17. The van der Waals surface area contributed by atoms with Crippen LogP contribution in [-0.2, 0) is 101 Å². The van der Waals surface area contributed by atoms with Crippen molar-refractivity contribution in [1.29, 1.82) is 0 Å². The molecule has 3 aliphatic rings. The van der Waals surface area contributed by atoms with Crippen molar-refractivity contribution in [2.45, 2.75) is 228 Å². The molecular weight excluding hydrogens is 1690 g/mol. The Morgan fingerprint density at radius 2 is 1.06 bits per heavy atom. The Morgan fingerprint density at radius 3 is 1.66 bits per heavy atom. The number of rotatable bonds is 24. The van der Waals surface area contributed by atoms with Crippen molar-refractivity contribution in [3.63, 3.8) is 0 Å². The number of aromatic amines is 2. The number of likely N-dealkylation sites (N-methyl/N-ethyl adjacent to an activating group) is 3. The molecule has 3 aromatic carbocycles. The number of aliphatic hydroxyl groups excluding tert-OH is 1. The molecule has 0 aliphatic carbocycles. The summed E-state index contributed by atoms with van der Waals surface area (Å²) in [6.45, 7) is 5.15. The summed E-state index contributed by atoms with van der Waals surface area (Å²) >= 11 is 0.776. The first kappa shape index (κ1) is 102. The van der Waals surface area contributed by atoms with Crippen LogP contribution in [-0.4, -0.2) is 308 Å². The van der Waals surface area contributed by atoms with Gasteiger partial charge in [0.1, 0.15) is 96.5 Å². The molecule has 0 unspecified atom stereocenters. The van der Waals surface area contributed by atoms with E-state index in [1.54, 1.807) is 74.8 Å². The second-order valence-corrected chi connectivity index (χ2v) is 34.4. The van der Waals surface area contributed by atoms with Crippen LogP contribution in [0.3, 0.4) is 0 Å². The van der Waals surface area contributed by atoms with E-state index in [2.05, 4.69) is 63.1 Å². The molecule has 2 aromatic heterocycles. The van der Waals surface area contributed by atoms with Crippen LogP contribution in [0.4, 0.5) is 4.39 Å². The van der Waals surface area contributed by atoms with E-state index in [9.17, 15) is 58.2 Å². The average Bonchev–Trinajstić information content (AvgIpc) is 1.52. The SMILES string of the molecule is CCCC[C@H]1C(=O)N(C)[C@@H](CCCC)C(=O)N[C@@H](CCCN)C(=O)N[C@H](C(=O)NCC(N)=O)CSCC(=O)N[C@@H](Cc2ccc(O)cc2)C(=O)N(C)[C@@H](C)C(=O)N[C@@H](CC(N)=O)C(=O)N2CCC[C@H]2C(=O)N[C@@H](CN)C(=O)N[C@@H](CC(C)C)C(=O)N2C[C@H](F)C[C@H]2C(=O)N[C@@H](Cc2c[nH]c3ccccc23)C(=O)N[C@@H](CO)C(=O)N[C@@H](Cc2c[nH]c3ccccc23)C(=O)N1C. The van der Waals surface area contributed by atoms with E-state index in [1.165, 1.54) is 52.3 Å². The molecule has 0 spiro atoms. The highest BCUT2D eigenvalue weighted by Crippen LogP contribution is 2.28. The number of carbonyl (C=O) groups is 17. The highest BCUT2D eigenvalue weighted by atomic mass is 32.2. The number of phenols is 1. The van der Waals surface area contributed by atoms with E-state index in [-0.39, 0.29) is 89.0 Å². The topological polar surface area (TPSA) is 603 Å². The summed E-state index contributed by atoms with van der Waals surface area (Å²) in [4.78, 5) is 259. The van der Waals surface area contributed by atoms with Gasteiger partial charge in [0.25, 0.3) is 0 Å². The number of unbranched alkanes of at least 4 members (excludes halogenated alkanes) is 2. The molecular formula is C87H124FN21O19S. The zero-order chi connectivity index (χ0) is 94.6. The Bertz CT molecular complexity index is 4820. The van der Waals surface area contributed by atoms with E-state index >= 15 is 38.0 Å². The number of para-hydroxylation sites is 2. The van der Waals surface area contributed by atoms with Gasteiger partial charge in [-0.05, 0) is 105 Å². The fourth-order valence-corrected chi connectivity index (χ4v) is 16.8. The Hall–Kier alpha value is -12.3. The summed E-state index contributed by atoms with van der Waals surface area (Å²) in [5.74, 6) is -17.8. The van der Waals surface area contributed by atoms with Gasteiger partial charge in [-0.15, -0.1) is 11.8 Å². The number of benzene rings is 3. The summed E-state index contributed by atoms with van der Waals surface area (Å²) in [7, 11) is 3.91. The normalized spacial score (nSPS) is 25.4. The number of aromatic nitrogens is 2. The fraction of sp³-hybridized carbons (Fsp3) is 0.552. The highest BCUT2D eigenvalue weighted by Gasteiger charge is 2.47. The minimum Gasteiger partial charge on any atom is -0.508 e. The smallest absolute Gasteiger partial charge is 0.246 e. The molecule has 0 saturated carbocycles. The van der Waals surface area contributed by atoms with Gasteiger partial charge in [-0.1, -0.05) is 102 Å². The summed E-state index contributed by atoms with van der Waals surface area (Å²) in [5, 5.41) is 48.5. The van der Waals surface area contributed by atoms with E-state index in [0.29, 0.717) is 64.2 Å². The number of hydrogen-bond donors (Lipinski definition) is 18. The maximum Gasteiger partial charge on any atom is 0.246 e. The molecule has 40 nitrogen and oxygen atoms in total. The third-order valence-electron chi connectivity index (χ3n) is 23.3. The number of alkyl halides is 1. The monoisotopic (exact) mass is 1820 g/mol. The minimum atomic E-state index is -1.90. The molecule has 3 fully saturated rings. The predicted molar refractivity (Wildman–Crippen MR) is 475 cm³/mol. The van der Waals surface area contributed by atoms with Crippen LogP contribution in [0.15, 0.2) is 85.2 Å². The van der Waals surface area contributed by atoms with Gasteiger partial charge in [-0.3, -0.25) is 81.5 Å². The molecule has 5 aromatic rings. The first-order valence-corrected chi connectivity index (χ1v) is 44.7. The zero-order valence-corrected chi connectivity index (χ0v) is 74.8. The second-order valence-electron chi connectivity index (χ2n) is 33.3. The lowest BCUT2D eigenvalue weighted by atomic mass is 10.00. The number of aromatic hydroxyl groups is 1. The lowest BCUT2D eigenvalue weighted by Crippen LogP contribution is -2.62. The van der Waals surface area contributed by atoms with Crippen molar-refractivity contribution in [2.24, 2.45) is 28.9 Å². The molecule has 42 heteroatoms. The number of thioether (sulfide) groups is 1. The lowest BCUT2D eigenvalue weighted by molar-refractivity contribution is -0.149. The number of hydrogen-bond acceptors (Lipinski definition) is 22. The molecule has 3 aliphatic heterocycles. The van der Waals surface area contributed by atoms with E-state index in [4.69, 9.17) is 22.9 Å². The van der Waals surface area contributed by atoms with Gasteiger partial charge in [0.05, 0.1) is 31.9 Å². The summed E-state index contributed by atoms with van der Waals surface area (Å²) in [6.07, 6.45) is 0.757. The van der Waals surface area contributed by atoms with Crippen molar-refractivity contribution in [3.05, 3.63) is 102 Å². The molecule has 22 N–H and O–H groups in total. The number of carbonyl (C=O) groups excluding carboxylic acids is 17. The number of H-pyrrole nitrogens is 2. The number of fused-ring (bicyclic) bond motifs is 4. The van der Waals surface area contributed by atoms with Crippen LogP contribution in [0.1, 0.15) is 135 Å². The molecule has 0 bridgehead atoms. The molecule has 3 saturated heterocycles. The number of halogens is 1. The number of primary amides is 2. The first-order chi connectivity index (χ1) is 61.4. The van der Waals surface area contributed by atoms with Crippen LogP contribution >= 0.6 is 11.8 Å². The Kier molecular flexibility index (Phi) is 38.6. The summed E-state index contributed by atoms with van der Waals surface area (Å²) < 4.78 is 16.2. The van der Waals surface area contributed by atoms with Crippen molar-refractivity contribution in [1.82, 2.24) is 87.6 Å². The summed E-state index contributed by atoms with van der Waals surface area (Å²) in [6, 6.07) is -2.35. The Morgan fingerprint density at radius 1 is 0.543 bits per heavy atom. The van der Waals surface area contributed by atoms with Crippen LogP contribution in [0.5, 0.6) is 5.75 Å². The molecule has 8 rings (SSSR count). The molecule has 129 heavy (non-hydrogen) atoms. The minimum absolute atomic E-state index is 0.000722. The Labute approximate surface area is 750 Å². The van der Waals surface area contributed by atoms with Gasteiger partial charge in [0, 0.05) is 99.9 Å². The number of phenolic OH excluding ortho intramolecular Hbond substituents is 1. The zero-order valence-electron chi connectivity index (χ0n) is 74.0. The van der Waals surface area contributed by atoms with Crippen LogP contribution in [0.25, 0.3) is 21.8 Å². The summed E-state index contributed by atoms with van der Waals surface area (Å²) in [5.41, 5.74) is 25.9. The standard InChI is InChI=1S/C87H124FN21O19S/c1-9-11-24-67-80(121)97-58(23-17-31-89)76(117)104-66(75(116)95-42-72(92)113)45-129-46-73(114)96-61(34-49-27-29-53(111)30-28-49)83(124)105(6)48(5)74(115)99-63(38-71(91)112)85(126)108-32-18-26-68(108)81(122)102-64(39-90)78(119)100-60(33-47(3)4)86(127)109-43-52(88)37-70(109)82(123)98-59(35-50-40-93-56-21-15-13-19-54(50)56)77(118)103-65(44-110)79(120)101-62(36-51-41-94-57-22-16-14-20-55(51)57)84(125)107(8)69(25-12-10-2)87(128)106(67)7/h13-16,19-22,27-30,40-41,47-48,52,58-70,93-94,110-111H,9-12,17-18,23-26,31-39,42-46,89-90H2,1-8H3,(H2,91,112)(H2,92,113)(H,95,116)(H,96,114)(H,97,121)(H,98,123)(H,99,115)(H,100,119)(H,101,120)(H,102,122)(H,103,118)(H,104,117)/t48-,52+,58-,59-,60-,61-,62-,63-,64-,65-,66-,67-,68-,69-,70-/m0/s1. The van der Waals surface area contributed by atoms with Crippen molar-refractivity contribution < 1.29 is 96.1 Å². The third kappa shape index (κ3) is 28.1. The van der Waals surface area contributed by atoms with Crippen LogP contribution < -0.4 is 76.1 Å². The maximum absolute atomic E-state index is 16.2. The van der Waals surface area contributed by atoms with Gasteiger partial charge in [-0.2, -0.15) is 0 Å². The average molecular weight is 1820 g/mol. The number of nitrogens with zero attached hydrogens (tertiary/aromatic N) is 5. The number of nitrogens with one attached hydrogen (secondary N) is 12. The van der Waals surface area contributed by atoms with E-state index in [0.717, 1.165) is 36.3 Å². The second kappa shape index (κ2) is 48.7. The van der Waals surface area contributed by atoms with Gasteiger partial charge in [0.2, 0.25) is 100 Å². The van der Waals surface area contributed by atoms with Gasteiger partial charge in [0.15, 0.2) is 0 Å². The Balaban J connectivity index is 1.18. The number of aliphatic hydroxyl groups is 1. The van der Waals surface area contributed by atoms with Gasteiger partial charge in [-0.25, -0.2) is 4.39 Å². The molecule has 17 amide bonds. The molecule has 5 heterocycles. The highest BCUT2D eigenvalue weighted by molar-refractivity contribution is 8.00. The van der Waals surface area contributed by atoms with Crippen LogP contribution in [0.2, 0.25) is 0 Å². The van der Waals surface area contributed by atoms with E-state index in [1.807, 2.05) is 13.8 Å². The van der Waals surface area contributed by atoms with E-state index < -0.39 is 242 Å². The predicted octanol–water partition coefficient (Wildman–Crippen LogP) is -2.48. The van der Waals surface area contributed by atoms with Crippen molar-refractivity contribution in [3.8, 4) is 5.75 Å².